The Morgan fingerprint density at radius 2 is 1.77 bits per heavy atom. The second-order valence-corrected chi connectivity index (χ2v) is 8.88. The van der Waals surface area contributed by atoms with Crippen molar-refractivity contribution in [2.45, 2.75) is 11.1 Å². The third-order valence-electron chi connectivity index (χ3n) is 4.28. The number of hydrogen-bond acceptors (Lipinski definition) is 4. The van der Waals surface area contributed by atoms with Crippen molar-refractivity contribution in [1.29, 1.82) is 0 Å². The average Bonchev–Trinajstić information content (AvgIpc) is 3.12. The van der Waals surface area contributed by atoms with Gasteiger partial charge in [0.15, 0.2) is 15.5 Å². The SMILES string of the molecule is CN(C(=O)c1cnn(-c2ccc(Cl)cc2)c1C(F)(F)F)c1cccc(S(C)(=O)=O)c1. The number of rotatable bonds is 4. The van der Waals surface area contributed by atoms with Gasteiger partial charge in [-0.25, -0.2) is 13.1 Å². The van der Waals surface area contributed by atoms with Gasteiger partial charge in [-0.3, -0.25) is 4.79 Å². The lowest BCUT2D eigenvalue weighted by Gasteiger charge is -2.19. The van der Waals surface area contributed by atoms with Gasteiger partial charge in [0.2, 0.25) is 0 Å². The van der Waals surface area contributed by atoms with Crippen LogP contribution in [0.2, 0.25) is 5.02 Å². The predicted molar refractivity (Wildman–Crippen MR) is 106 cm³/mol. The Labute approximate surface area is 175 Å². The molecule has 6 nitrogen and oxygen atoms in total. The van der Waals surface area contributed by atoms with Gasteiger partial charge in [0.25, 0.3) is 5.91 Å². The van der Waals surface area contributed by atoms with Crippen LogP contribution in [-0.4, -0.2) is 37.4 Å². The molecule has 0 aliphatic rings. The van der Waals surface area contributed by atoms with Crippen LogP contribution in [-0.2, 0) is 16.0 Å². The zero-order valence-corrected chi connectivity index (χ0v) is 17.3. The first-order chi connectivity index (χ1) is 13.9. The van der Waals surface area contributed by atoms with E-state index in [9.17, 15) is 26.4 Å². The summed E-state index contributed by atoms with van der Waals surface area (Å²) in [4.78, 5) is 13.7. The van der Waals surface area contributed by atoms with Crippen molar-refractivity contribution < 1.29 is 26.4 Å². The molecule has 0 fully saturated rings. The quantitative estimate of drug-likeness (QED) is 0.588. The van der Waals surface area contributed by atoms with E-state index < -0.39 is 33.2 Å². The number of halogens is 4. The Morgan fingerprint density at radius 3 is 2.33 bits per heavy atom. The number of amides is 1. The first-order valence-corrected chi connectivity index (χ1v) is 10.7. The fourth-order valence-corrected chi connectivity index (χ4v) is 3.56. The fraction of sp³-hybridized carbons (Fsp3) is 0.158. The molecule has 2 aromatic carbocycles. The van der Waals surface area contributed by atoms with Crippen LogP contribution in [0.25, 0.3) is 5.69 Å². The molecule has 30 heavy (non-hydrogen) atoms. The third kappa shape index (κ3) is 4.34. The number of carbonyl (C=O) groups excluding carboxylic acids is 1. The van der Waals surface area contributed by atoms with Gasteiger partial charge in [0.1, 0.15) is 0 Å². The van der Waals surface area contributed by atoms with E-state index in [0.29, 0.717) is 9.70 Å². The highest BCUT2D eigenvalue weighted by Crippen LogP contribution is 2.35. The van der Waals surface area contributed by atoms with Crippen molar-refractivity contribution in [1.82, 2.24) is 9.78 Å². The Kier molecular flexibility index (Phi) is 5.66. The minimum Gasteiger partial charge on any atom is -0.311 e. The topological polar surface area (TPSA) is 72.3 Å². The van der Waals surface area contributed by atoms with E-state index in [1.165, 1.54) is 55.6 Å². The summed E-state index contributed by atoms with van der Waals surface area (Å²) in [6.07, 6.45) is -3.06. The number of benzene rings is 2. The Hall–Kier alpha value is -2.85. The molecule has 0 N–H and O–H groups in total. The number of carbonyl (C=O) groups is 1. The summed E-state index contributed by atoms with van der Waals surface area (Å²) in [5, 5.41) is 4.08. The van der Waals surface area contributed by atoms with Crippen LogP contribution < -0.4 is 4.90 Å². The summed E-state index contributed by atoms with van der Waals surface area (Å²) < 4.78 is 65.6. The zero-order chi connectivity index (χ0) is 22.3. The van der Waals surface area contributed by atoms with Crippen molar-refractivity contribution in [3.8, 4) is 5.69 Å². The van der Waals surface area contributed by atoms with E-state index in [2.05, 4.69) is 5.10 Å². The second kappa shape index (κ2) is 7.77. The van der Waals surface area contributed by atoms with E-state index in [-0.39, 0.29) is 16.3 Å². The molecule has 0 bridgehead atoms. The first-order valence-electron chi connectivity index (χ1n) is 8.39. The Balaban J connectivity index is 2.07. The molecule has 0 radical (unpaired) electrons. The largest absolute Gasteiger partial charge is 0.434 e. The standard InChI is InChI=1S/C19H15ClF3N3O3S/c1-25(14-4-3-5-15(10-14)30(2,28)29)18(27)16-11-24-26(17(16)19(21,22)23)13-8-6-12(20)7-9-13/h3-11H,1-2H3. The van der Waals surface area contributed by atoms with Crippen LogP contribution in [0.4, 0.5) is 18.9 Å². The van der Waals surface area contributed by atoms with Crippen LogP contribution in [0.15, 0.2) is 59.6 Å². The number of sulfone groups is 1. The Morgan fingerprint density at radius 1 is 1.13 bits per heavy atom. The van der Waals surface area contributed by atoms with Gasteiger partial charge in [-0.15, -0.1) is 0 Å². The molecule has 0 aliphatic heterocycles. The number of hydrogen-bond donors (Lipinski definition) is 0. The van der Waals surface area contributed by atoms with Gasteiger partial charge in [-0.1, -0.05) is 17.7 Å². The highest BCUT2D eigenvalue weighted by atomic mass is 35.5. The maximum absolute atomic E-state index is 13.8. The second-order valence-electron chi connectivity index (χ2n) is 6.43. The van der Waals surface area contributed by atoms with Gasteiger partial charge in [-0.2, -0.15) is 18.3 Å². The lowest BCUT2D eigenvalue weighted by atomic mass is 10.2. The molecule has 0 atom stereocenters. The van der Waals surface area contributed by atoms with E-state index >= 15 is 0 Å². The van der Waals surface area contributed by atoms with Crippen molar-refractivity contribution in [2.24, 2.45) is 0 Å². The van der Waals surface area contributed by atoms with E-state index in [4.69, 9.17) is 11.6 Å². The summed E-state index contributed by atoms with van der Waals surface area (Å²) in [7, 11) is -2.31. The van der Waals surface area contributed by atoms with Gasteiger partial charge in [0.05, 0.1) is 22.3 Å². The number of nitrogens with zero attached hydrogens (tertiary/aromatic N) is 3. The van der Waals surface area contributed by atoms with E-state index in [0.717, 1.165) is 17.4 Å². The van der Waals surface area contributed by atoms with Crippen LogP contribution >= 0.6 is 11.6 Å². The average molecular weight is 458 g/mol. The van der Waals surface area contributed by atoms with Crippen LogP contribution in [0, 0.1) is 0 Å². The molecule has 0 saturated heterocycles. The molecule has 0 spiro atoms. The molecule has 0 aliphatic carbocycles. The molecule has 11 heteroatoms. The molecular weight excluding hydrogens is 443 g/mol. The fourth-order valence-electron chi connectivity index (χ4n) is 2.78. The molecule has 158 valence electrons. The summed E-state index contributed by atoms with van der Waals surface area (Å²) in [6, 6.07) is 10.9. The zero-order valence-electron chi connectivity index (χ0n) is 15.7. The van der Waals surface area contributed by atoms with Gasteiger partial charge >= 0.3 is 6.18 Å². The van der Waals surface area contributed by atoms with Gasteiger partial charge in [0, 0.05) is 24.0 Å². The lowest BCUT2D eigenvalue weighted by Crippen LogP contribution is -2.29. The van der Waals surface area contributed by atoms with Crippen molar-refractivity contribution >= 4 is 33.0 Å². The maximum atomic E-state index is 13.8. The van der Waals surface area contributed by atoms with Crippen molar-refractivity contribution in [3.63, 3.8) is 0 Å². The molecule has 1 aromatic heterocycles. The van der Waals surface area contributed by atoms with Gasteiger partial charge < -0.3 is 4.90 Å². The predicted octanol–water partition coefficient (Wildman–Crippen LogP) is 4.22. The highest BCUT2D eigenvalue weighted by molar-refractivity contribution is 7.90. The molecule has 1 amide bonds. The summed E-state index contributed by atoms with van der Waals surface area (Å²) in [5.74, 6) is -0.992. The lowest BCUT2D eigenvalue weighted by molar-refractivity contribution is -0.143. The molecule has 0 unspecified atom stereocenters. The molecule has 3 rings (SSSR count). The normalized spacial score (nSPS) is 12.1. The summed E-state index contributed by atoms with van der Waals surface area (Å²) in [6.45, 7) is 0. The summed E-state index contributed by atoms with van der Waals surface area (Å²) >= 11 is 5.78. The summed E-state index contributed by atoms with van der Waals surface area (Å²) in [5.41, 5.74) is -1.73. The van der Waals surface area contributed by atoms with E-state index in [1.54, 1.807) is 0 Å². The monoisotopic (exact) mass is 457 g/mol. The first kappa shape index (κ1) is 21.8. The molecule has 0 saturated carbocycles. The maximum Gasteiger partial charge on any atom is 0.434 e. The van der Waals surface area contributed by atoms with Crippen LogP contribution in [0.5, 0.6) is 0 Å². The number of anilines is 1. The van der Waals surface area contributed by atoms with Gasteiger partial charge in [-0.05, 0) is 42.5 Å². The smallest absolute Gasteiger partial charge is 0.311 e. The minimum atomic E-state index is -4.88. The highest BCUT2D eigenvalue weighted by Gasteiger charge is 2.41. The van der Waals surface area contributed by atoms with Crippen LogP contribution in [0.1, 0.15) is 16.1 Å². The minimum absolute atomic E-state index is 0.0624. The van der Waals surface area contributed by atoms with Crippen molar-refractivity contribution in [3.05, 3.63) is 71.0 Å². The molecule has 3 aromatic rings. The molecule has 1 heterocycles. The van der Waals surface area contributed by atoms with Crippen LogP contribution in [0.3, 0.4) is 0 Å². The van der Waals surface area contributed by atoms with Crippen molar-refractivity contribution in [2.75, 3.05) is 18.2 Å². The Bertz CT molecular complexity index is 1210. The molecular formula is C19H15ClF3N3O3S. The van der Waals surface area contributed by atoms with E-state index in [1.807, 2.05) is 0 Å². The third-order valence-corrected chi connectivity index (χ3v) is 5.64. The number of aromatic nitrogens is 2. The number of alkyl halides is 3.